The third-order valence-electron chi connectivity index (χ3n) is 2.70. The van der Waals surface area contributed by atoms with Crippen molar-refractivity contribution in [3.63, 3.8) is 0 Å². The van der Waals surface area contributed by atoms with Gasteiger partial charge in [0.2, 0.25) is 0 Å². The SMILES string of the molecule is CCCCNC(=O)C(=O)N/N=C\c1ccc(OCC(=O)[O-])c(Cl)c1. The molecule has 1 aromatic carbocycles. The highest BCUT2D eigenvalue weighted by molar-refractivity contribution is 6.35. The molecule has 2 amide bonds. The summed E-state index contributed by atoms with van der Waals surface area (Å²) in [4.78, 5) is 33.2. The standard InChI is InChI=1S/C15H18ClN3O5/c1-2-3-6-17-14(22)15(23)19-18-8-10-4-5-12(11(16)7-10)24-9-13(20)21/h4-5,7-8H,2-3,6,9H2,1H3,(H,17,22)(H,19,23)(H,20,21)/p-1/b18-8-. The van der Waals surface area contributed by atoms with E-state index >= 15 is 0 Å². The topological polar surface area (TPSA) is 120 Å². The molecule has 0 aliphatic heterocycles. The maximum absolute atomic E-state index is 11.5. The van der Waals surface area contributed by atoms with Crippen LogP contribution < -0.4 is 20.6 Å². The van der Waals surface area contributed by atoms with Gasteiger partial charge in [0.25, 0.3) is 0 Å². The average molecular weight is 355 g/mol. The van der Waals surface area contributed by atoms with E-state index in [2.05, 4.69) is 15.8 Å². The Hall–Kier alpha value is -2.61. The molecule has 1 rings (SSSR count). The average Bonchev–Trinajstić information content (AvgIpc) is 2.53. The molecule has 9 heteroatoms. The molecule has 2 N–H and O–H groups in total. The van der Waals surface area contributed by atoms with E-state index in [1.165, 1.54) is 18.3 Å². The van der Waals surface area contributed by atoms with Crippen LogP contribution in [0, 0.1) is 0 Å². The molecule has 0 aliphatic carbocycles. The van der Waals surface area contributed by atoms with E-state index in [0.29, 0.717) is 12.1 Å². The summed E-state index contributed by atoms with van der Waals surface area (Å²) in [6.45, 7) is 1.78. The molecule has 1 aromatic rings. The summed E-state index contributed by atoms with van der Waals surface area (Å²) < 4.78 is 4.91. The molecule has 8 nitrogen and oxygen atoms in total. The highest BCUT2D eigenvalue weighted by atomic mass is 35.5. The van der Waals surface area contributed by atoms with Gasteiger partial charge in [-0.25, -0.2) is 5.43 Å². The normalized spacial score (nSPS) is 10.4. The molecule has 0 saturated heterocycles. The van der Waals surface area contributed by atoms with Crippen LogP contribution in [0.5, 0.6) is 5.75 Å². The van der Waals surface area contributed by atoms with E-state index in [1.54, 1.807) is 6.07 Å². The second-order valence-electron chi connectivity index (χ2n) is 4.66. The number of carboxylic acids is 1. The number of carbonyl (C=O) groups excluding carboxylic acids is 3. The van der Waals surface area contributed by atoms with Gasteiger partial charge in [-0.05, 0) is 30.2 Å². The van der Waals surface area contributed by atoms with Gasteiger partial charge < -0.3 is 20.0 Å². The molecule has 24 heavy (non-hydrogen) atoms. The first kappa shape index (κ1) is 19.4. The lowest BCUT2D eigenvalue weighted by Crippen LogP contribution is -2.38. The summed E-state index contributed by atoms with van der Waals surface area (Å²) in [5, 5.41) is 16.6. The zero-order chi connectivity index (χ0) is 17.9. The van der Waals surface area contributed by atoms with Crippen LogP contribution in [0.4, 0.5) is 0 Å². The number of amides is 2. The Morgan fingerprint density at radius 1 is 1.33 bits per heavy atom. The zero-order valence-corrected chi connectivity index (χ0v) is 13.8. The molecular weight excluding hydrogens is 338 g/mol. The number of hydrazone groups is 1. The third kappa shape index (κ3) is 7.10. The molecule has 130 valence electrons. The number of unbranched alkanes of at least 4 members (excludes halogenated alkanes) is 1. The quantitative estimate of drug-likeness (QED) is 0.291. The number of carboxylic acid groups (broad SMARTS) is 1. The van der Waals surface area contributed by atoms with Crippen molar-refractivity contribution in [2.75, 3.05) is 13.2 Å². The predicted molar refractivity (Wildman–Crippen MR) is 85.6 cm³/mol. The fourth-order valence-corrected chi connectivity index (χ4v) is 1.77. The van der Waals surface area contributed by atoms with Crippen molar-refractivity contribution in [3.8, 4) is 5.75 Å². The monoisotopic (exact) mass is 354 g/mol. The molecule has 0 saturated carbocycles. The minimum Gasteiger partial charge on any atom is -0.546 e. The van der Waals surface area contributed by atoms with E-state index in [9.17, 15) is 19.5 Å². The molecule has 0 heterocycles. The Morgan fingerprint density at radius 2 is 2.08 bits per heavy atom. The lowest BCUT2D eigenvalue weighted by molar-refractivity contribution is -0.307. The zero-order valence-electron chi connectivity index (χ0n) is 13.0. The number of nitrogens with zero attached hydrogens (tertiary/aromatic N) is 1. The summed E-state index contributed by atoms with van der Waals surface area (Å²) in [7, 11) is 0. The third-order valence-corrected chi connectivity index (χ3v) is 3.00. The van der Waals surface area contributed by atoms with E-state index in [0.717, 1.165) is 12.8 Å². The molecular formula is C15H17ClN3O5-. The fourth-order valence-electron chi connectivity index (χ4n) is 1.53. The highest BCUT2D eigenvalue weighted by Gasteiger charge is 2.11. The van der Waals surface area contributed by atoms with Crippen LogP contribution in [-0.2, 0) is 14.4 Å². The van der Waals surface area contributed by atoms with Gasteiger partial charge in [-0.2, -0.15) is 5.10 Å². The lowest BCUT2D eigenvalue weighted by atomic mass is 10.2. The Balaban J connectivity index is 2.52. The summed E-state index contributed by atoms with van der Waals surface area (Å²) >= 11 is 5.92. The van der Waals surface area contributed by atoms with Gasteiger partial charge >= 0.3 is 11.8 Å². The van der Waals surface area contributed by atoms with Crippen molar-refractivity contribution < 1.29 is 24.2 Å². The van der Waals surface area contributed by atoms with Gasteiger partial charge in [0.15, 0.2) is 0 Å². The summed E-state index contributed by atoms with van der Waals surface area (Å²) in [5.41, 5.74) is 2.61. The number of nitrogens with one attached hydrogen (secondary N) is 2. The molecule has 0 bridgehead atoms. The van der Waals surface area contributed by atoms with Crippen LogP contribution in [0.1, 0.15) is 25.3 Å². The van der Waals surface area contributed by atoms with Gasteiger partial charge in [0.05, 0.1) is 17.2 Å². The van der Waals surface area contributed by atoms with Crippen LogP contribution in [0.2, 0.25) is 5.02 Å². The van der Waals surface area contributed by atoms with Crippen molar-refractivity contribution in [3.05, 3.63) is 28.8 Å². The van der Waals surface area contributed by atoms with Crippen LogP contribution in [0.3, 0.4) is 0 Å². The second-order valence-corrected chi connectivity index (χ2v) is 5.07. The first-order chi connectivity index (χ1) is 11.4. The number of halogens is 1. The van der Waals surface area contributed by atoms with Crippen LogP contribution >= 0.6 is 11.6 Å². The van der Waals surface area contributed by atoms with Crippen molar-refractivity contribution >= 4 is 35.6 Å². The lowest BCUT2D eigenvalue weighted by Gasteiger charge is -2.08. The predicted octanol–water partition coefficient (Wildman–Crippen LogP) is -0.165. The first-order valence-corrected chi connectivity index (χ1v) is 7.55. The summed E-state index contributed by atoms with van der Waals surface area (Å²) in [5.74, 6) is -2.82. The molecule has 0 atom stereocenters. The smallest absolute Gasteiger partial charge is 0.329 e. The Morgan fingerprint density at radius 3 is 2.71 bits per heavy atom. The minimum atomic E-state index is -1.36. The van der Waals surface area contributed by atoms with Gasteiger partial charge in [-0.15, -0.1) is 0 Å². The van der Waals surface area contributed by atoms with Crippen LogP contribution in [0.15, 0.2) is 23.3 Å². The first-order valence-electron chi connectivity index (χ1n) is 7.17. The molecule has 0 fully saturated rings. The number of benzene rings is 1. The van der Waals surface area contributed by atoms with E-state index in [-0.39, 0.29) is 10.8 Å². The molecule has 0 unspecified atom stereocenters. The molecule has 0 spiro atoms. The van der Waals surface area contributed by atoms with Crippen LogP contribution in [0.25, 0.3) is 0 Å². The van der Waals surface area contributed by atoms with E-state index < -0.39 is 24.4 Å². The van der Waals surface area contributed by atoms with Crippen LogP contribution in [-0.4, -0.2) is 37.1 Å². The number of ether oxygens (including phenoxy) is 1. The highest BCUT2D eigenvalue weighted by Crippen LogP contribution is 2.24. The maximum atomic E-state index is 11.5. The Kier molecular flexibility index (Phi) is 8.28. The number of hydrogen-bond donors (Lipinski definition) is 2. The number of hydrogen-bond acceptors (Lipinski definition) is 6. The summed E-state index contributed by atoms with van der Waals surface area (Å²) in [6.07, 6.45) is 2.97. The Bertz CT molecular complexity index is 634. The van der Waals surface area contributed by atoms with Gasteiger partial charge in [0.1, 0.15) is 12.4 Å². The fraction of sp³-hybridized carbons (Fsp3) is 0.333. The number of rotatable bonds is 8. The number of aliphatic carboxylic acids is 1. The van der Waals surface area contributed by atoms with E-state index in [4.69, 9.17) is 16.3 Å². The largest absolute Gasteiger partial charge is 0.546 e. The molecule has 0 aromatic heterocycles. The minimum absolute atomic E-state index is 0.170. The molecule has 0 aliphatic rings. The molecule has 0 radical (unpaired) electrons. The maximum Gasteiger partial charge on any atom is 0.329 e. The van der Waals surface area contributed by atoms with Gasteiger partial charge in [-0.1, -0.05) is 24.9 Å². The van der Waals surface area contributed by atoms with Crippen molar-refractivity contribution in [1.29, 1.82) is 0 Å². The van der Waals surface area contributed by atoms with E-state index in [1.807, 2.05) is 6.92 Å². The number of carbonyl (C=O) groups is 3. The summed E-state index contributed by atoms with van der Waals surface area (Å²) in [6, 6.07) is 4.46. The van der Waals surface area contributed by atoms with Crippen molar-refractivity contribution in [2.24, 2.45) is 5.10 Å². The van der Waals surface area contributed by atoms with Crippen molar-refractivity contribution in [2.45, 2.75) is 19.8 Å². The van der Waals surface area contributed by atoms with Gasteiger partial charge in [-0.3, -0.25) is 9.59 Å². The Labute approximate surface area is 143 Å². The second kappa shape index (κ2) is 10.2. The van der Waals surface area contributed by atoms with Gasteiger partial charge in [0, 0.05) is 6.54 Å². The van der Waals surface area contributed by atoms with Crippen molar-refractivity contribution in [1.82, 2.24) is 10.7 Å².